The predicted octanol–water partition coefficient (Wildman–Crippen LogP) is 4.10. The molecule has 1 aliphatic heterocycles. The SMILES string of the molecule is CC1(C)Cc2ccccc2/C(=C/C(=O)C2CCCCC2)N1. The maximum atomic E-state index is 12.6. The summed E-state index contributed by atoms with van der Waals surface area (Å²) in [7, 11) is 0. The van der Waals surface area contributed by atoms with E-state index in [1.807, 2.05) is 6.08 Å². The van der Waals surface area contributed by atoms with E-state index in [-0.39, 0.29) is 11.5 Å². The first kappa shape index (κ1) is 14.4. The fraction of sp³-hybridized carbons (Fsp3) is 0.526. The Morgan fingerprint density at radius 3 is 2.67 bits per heavy atom. The molecule has 1 aliphatic carbocycles. The second-order valence-corrected chi connectivity index (χ2v) is 7.14. The van der Waals surface area contributed by atoms with Gasteiger partial charge in [0.25, 0.3) is 0 Å². The van der Waals surface area contributed by atoms with Crippen molar-refractivity contribution < 1.29 is 4.79 Å². The van der Waals surface area contributed by atoms with E-state index >= 15 is 0 Å². The number of allylic oxidation sites excluding steroid dienone is 1. The van der Waals surface area contributed by atoms with Gasteiger partial charge in [-0.15, -0.1) is 0 Å². The standard InChI is InChI=1S/C19H25NO/c1-19(2)13-15-10-6-7-11-16(15)17(20-19)12-18(21)14-8-4-3-5-9-14/h6-7,10-12,14,20H,3-5,8-9,13H2,1-2H3/b17-12-. The van der Waals surface area contributed by atoms with E-state index in [1.165, 1.54) is 30.4 Å². The van der Waals surface area contributed by atoms with Gasteiger partial charge >= 0.3 is 0 Å². The minimum Gasteiger partial charge on any atom is -0.379 e. The molecule has 2 nitrogen and oxygen atoms in total. The molecule has 1 aromatic carbocycles. The average molecular weight is 283 g/mol. The Morgan fingerprint density at radius 1 is 1.19 bits per heavy atom. The molecule has 0 unspecified atom stereocenters. The van der Waals surface area contributed by atoms with Crippen molar-refractivity contribution in [1.82, 2.24) is 5.32 Å². The second kappa shape index (κ2) is 5.67. The zero-order valence-electron chi connectivity index (χ0n) is 13.1. The lowest BCUT2D eigenvalue weighted by molar-refractivity contribution is -0.119. The number of nitrogens with one attached hydrogen (secondary N) is 1. The largest absolute Gasteiger partial charge is 0.379 e. The summed E-state index contributed by atoms with van der Waals surface area (Å²) in [6.45, 7) is 4.39. The van der Waals surface area contributed by atoms with E-state index in [4.69, 9.17) is 0 Å². The summed E-state index contributed by atoms with van der Waals surface area (Å²) in [5.41, 5.74) is 3.55. The Kier molecular flexibility index (Phi) is 3.88. The Balaban J connectivity index is 1.89. The molecular weight excluding hydrogens is 258 g/mol. The number of hydrogen-bond donors (Lipinski definition) is 1. The maximum absolute atomic E-state index is 12.6. The van der Waals surface area contributed by atoms with Gasteiger partial charge in [-0.3, -0.25) is 4.79 Å². The summed E-state index contributed by atoms with van der Waals surface area (Å²) in [6, 6.07) is 8.44. The van der Waals surface area contributed by atoms with Gasteiger partial charge in [-0.2, -0.15) is 0 Å². The molecule has 112 valence electrons. The van der Waals surface area contributed by atoms with Crippen LogP contribution in [0.15, 0.2) is 30.3 Å². The highest BCUT2D eigenvalue weighted by Crippen LogP contribution is 2.31. The number of benzene rings is 1. The van der Waals surface area contributed by atoms with E-state index in [0.717, 1.165) is 25.0 Å². The molecule has 1 N–H and O–H groups in total. The van der Waals surface area contributed by atoms with Gasteiger partial charge in [0.15, 0.2) is 5.78 Å². The third kappa shape index (κ3) is 3.20. The van der Waals surface area contributed by atoms with Crippen molar-refractivity contribution in [3.63, 3.8) is 0 Å². The number of carbonyl (C=O) groups excluding carboxylic acids is 1. The number of fused-ring (bicyclic) bond motifs is 1. The maximum Gasteiger partial charge on any atom is 0.160 e. The molecule has 2 heteroatoms. The Bertz CT molecular complexity index is 565. The molecule has 3 rings (SSSR count). The zero-order valence-corrected chi connectivity index (χ0v) is 13.1. The van der Waals surface area contributed by atoms with Crippen molar-refractivity contribution >= 4 is 11.5 Å². The van der Waals surface area contributed by atoms with E-state index < -0.39 is 0 Å². The highest BCUT2D eigenvalue weighted by Gasteiger charge is 2.28. The van der Waals surface area contributed by atoms with Crippen LogP contribution < -0.4 is 5.32 Å². The van der Waals surface area contributed by atoms with Crippen LogP contribution in [0.25, 0.3) is 5.70 Å². The lowest BCUT2D eigenvalue weighted by Crippen LogP contribution is -2.44. The zero-order chi connectivity index (χ0) is 14.9. The third-order valence-corrected chi connectivity index (χ3v) is 4.71. The lowest BCUT2D eigenvalue weighted by Gasteiger charge is -2.35. The first-order valence-electron chi connectivity index (χ1n) is 8.17. The molecule has 0 spiro atoms. The first-order chi connectivity index (χ1) is 10.1. The van der Waals surface area contributed by atoms with E-state index in [1.54, 1.807) is 0 Å². The summed E-state index contributed by atoms with van der Waals surface area (Å²) in [5, 5.41) is 3.56. The van der Waals surface area contributed by atoms with Gasteiger partial charge in [0.2, 0.25) is 0 Å². The van der Waals surface area contributed by atoms with Crippen LogP contribution >= 0.6 is 0 Å². The van der Waals surface area contributed by atoms with Crippen molar-refractivity contribution in [1.29, 1.82) is 0 Å². The van der Waals surface area contributed by atoms with Gasteiger partial charge in [-0.25, -0.2) is 0 Å². The van der Waals surface area contributed by atoms with Crippen LogP contribution in [0.3, 0.4) is 0 Å². The van der Waals surface area contributed by atoms with Crippen molar-refractivity contribution in [2.45, 2.75) is 57.9 Å². The molecule has 0 bridgehead atoms. The average Bonchev–Trinajstić information content (AvgIpc) is 2.47. The van der Waals surface area contributed by atoms with Crippen molar-refractivity contribution in [2.24, 2.45) is 5.92 Å². The van der Waals surface area contributed by atoms with Crippen LogP contribution in [0.4, 0.5) is 0 Å². The lowest BCUT2D eigenvalue weighted by atomic mass is 9.83. The molecule has 0 atom stereocenters. The van der Waals surface area contributed by atoms with Crippen LogP contribution in [0.1, 0.15) is 57.1 Å². The van der Waals surface area contributed by atoms with Gasteiger partial charge in [-0.1, -0.05) is 43.5 Å². The predicted molar refractivity (Wildman–Crippen MR) is 86.9 cm³/mol. The summed E-state index contributed by atoms with van der Waals surface area (Å²) < 4.78 is 0. The number of carbonyl (C=O) groups is 1. The fourth-order valence-corrected chi connectivity index (χ4v) is 3.65. The third-order valence-electron chi connectivity index (χ3n) is 4.71. The summed E-state index contributed by atoms with van der Waals surface area (Å²) in [5.74, 6) is 0.551. The van der Waals surface area contributed by atoms with Crippen LogP contribution in [0.5, 0.6) is 0 Å². The molecule has 0 aromatic heterocycles. The number of rotatable bonds is 2. The van der Waals surface area contributed by atoms with E-state index in [2.05, 4.69) is 43.4 Å². The van der Waals surface area contributed by atoms with E-state index in [0.29, 0.717) is 5.78 Å². The van der Waals surface area contributed by atoms with Crippen molar-refractivity contribution in [2.75, 3.05) is 0 Å². The Morgan fingerprint density at radius 2 is 1.90 bits per heavy atom. The van der Waals surface area contributed by atoms with Crippen molar-refractivity contribution in [3.8, 4) is 0 Å². The fourth-order valence-electron chi connectivity index (χ4n) is 3.65. The molecule has 1 fully saturated rings. The topological polar surface area (TPSA) is 29.1 Å². The number of hydrogen-bond acceptors (Lipinski definition) is 2. The molecular formula is C19H25NO. The summed E-state index contributed by atoms with van der Waals surface area (Å²) in [4.78, 5) is 12.6. The minimum absolute atomic E-state index is 0.00698. The van der Waals surface area contributed by atoms with Crippen molar-refractivity contribution in [3.05, 3.63) is 41.5 Å². The second-order valence-electron chi connectivity index (χ2n) is 7.14. The van der Waals surface area contributed by atoms with Crippen LogP contribution in [-0.2, 0) is 11.2 Å². The molecule has 0 radical (unpaired) electrons. The summed E-state index contributed by atoms with van der Waals surface area (Å²) in [6.07, 6.45) is 8.69. The van der Waals surface area contributed by atoms with Crippen LogP contribution in [-0.4, -0.2) is 11.3 Å². The number of ketones is 1. The van der Waals surface area contributed by atoms with Gasteiger partial charge in [0.1, 0.15) is 0 Å². The smallest absolute Gasteiger partial charge is 0.160 e. The quantitative estimate of drug-likeness (QED) is 0.828. The van der Waals surface area contributed by atoms with E-state index in [9.17, 15) is 4.79 Å². The molecule has 21 heavy (non-hydrogen) atoms. The molecule has 0 amide bonds. The monoisotopic (exact) mass is 283 g/mol. The van der Waals surface area contributed by atoms with Gasteiger partial charge in [0, 0.05) is 28.8 Å². The highest BCUT2D eigenvalue weighted by molar-refractivity contribution is 5.98. The van der Waals surface area contributed by atoms with Gasteiger partial charge in [0.05, 0.1) is 0 Å². The first-order valence-corrected chi connectivity index (χ1v) is 8.17. The van der Waals surface area contributed by atoms with Crippen LogP contribution in [0.2, 0.25) is 0 Å². The Hall–Kier alpha value is -1.57. The molecule has 1 aromatic rings. The minimum atomic E-state index is 0.00698. The molecule has 2 aliphatic rings. The summed E-state index contributed by atoms with van der Waals surface area (Å²) >= 11 is 0. The normalized spacial score (nSPS) is 23.4. The molecule has 1 saturated carbocycles. The molecule has 0 saturated heterocycles. The van der Waals surface area contributed by atoms with Gasteiger partial charge in [-0.05, 0) is 38.7 Å². The Labute approximate surface area is 127 Å². The molecule has 1 heterocycles. The highest BCUT2D eigenvalue weighted by atomic mass is 16.1. The van der Waals surface area contributed by atoms with Gasteiger partial charge < -0.3 is 5.32 Å². The van der Waals surface area contributed by atoms with Crippen LogP contribution in [0, 0.1) is 5.92 Å².